The van der Waals surface area contributed by atoms with Gasteiger partial charge >= 0.3 is 6.09 Å². The van der Waals surface area contributed by atoms with E-state index in [1.165, 1.54) is 6.07 Å². The van der Waals surface area contributed by atoms with Gasteiger partial charge in [0.15, 0.2) is 6.61 Å². The van der Waals surface area contributed by atoms with Crippen LogP contribution in [-0.4, -0.2) is 61.7 Å². The van der Waals surface area contributed by atoms with Crippen LogP contribution in [-0.2, 0) is 14.3 Å². The van der Waals surface area contributed by atoms with Crippen LogP contribution in [0.4, 0.5) is 4.79 Å². The van der Waals surface area contributed by atoms with Crippen LogP contribution in [0.25, 0.3) is 0 Å². The summed E-state index contributed by atoms with van der Waals surface area (Å²) in [7, 11) is 0. The molecule has 1 heterocycles. The molecule has 8 nitrogen and oxygen atoms in total. The lowest BCUT2D eigenvalue weighted by Gasteiger charge is -2.31. The maximum absolute atomic E-state index is 12.1. The van der Waals surface area contributed by atoms with E-state index in [2.05, 4.69) is 10.6 Å². The average molecular weight is 460 g/mol. The van der Waals surface area contributed by atoms with Gasteiger partial charge in [0.2, 0.25) is 5.91 Å². The van der Waals surface area contributed by atoms with E-state index >= 15 is 0 Å². The molecule has 30 heavy (non-hydrogen) atoms. The van der Waals surface area contributed by atoms with Gasteiger partial charge in [-0.05, 0) is 44.4 Å². The fraction of sp³-hybridized carbons (Fsp3) is 0.550. The quantitative estimate of drug-likeness (QED) is 0.553. The summed E-state index contributed by atoms with van der Waals surface area (Å²) in [6.45, 7) is 3.45. The van der Waals surface area contributed by atoms with Crippen LogP contribution in [0.3, 0.4) is 0 Å². The molecule has 166 valence electrons. The number of nitrogens with zero attached hydrogens (tertiary/aromatic N) is 1. The topological polar surface area (TPSA) is 97.0 Å². The Labute approximate surface area is 186 Å². The third-order valence-electron chi connectivity index (χ3n) is 4.54. The van der Waals surface area contributed by atoms with Crippen molar-refractivity contribution in [1.82, 2.24) is 15.5 Å². The van der Waals surface area contributed by atoms with Gasteiger partial charge in [-0.15, -0.1) is 0 Å². The highest BCUT2D eigenvalue weighted by Crippen LogP contribution is 2.27. The Kier molecular flexibility index (Phi) is 10.0. The lowest BCUT2D eigenvalue weighted by atomic mass is 10.1. The van der Waals surface area contributed by atoms with Crippen molar-refractivity contribution in [1.29, 1.82) is 0 Å². The summed E-state index contributed by atoms with van der Waals surface area (Å²) in [6.07, 6.45) is 1.92. The van der Waals surface area contributed by atoms with Crippen LogP contribution >= 0.6 is 23.2 Å². The first kappa shape index (κ1) is 24.1. The summed E-state index contributed by atoms with van der Waals surface area (Å²) in [4.78, 5) is 37.2. The number of rotatable bonds is 9. The van der Waals surface area contributed by atoms with Crippen molar-refractivity contribution < 1.29 is 23.9 Å². The first-order chi connectivity index (χ1) is 14.4. The molecule has 0 spiro atoms. The zero-order chi connectivity index (χ0) is 21.9. The Bertz CT molecular complexity index is 739. The van der Waals surface area contributed by atoms with Gasteiger partial charge in [-0.3, -0.25) is 9.59 Å². The van der Waals surface area contributed by atoms with Gasteiger partial charge in [-0.2, -0.15) is 0 Å². The summed E-state index contributed by atoms with van der Waals surface area (Å²) < 4.78 is 10.3. The van der Waals surface area contributed by atoms with Gasteiger partial charge < -0.3 is 25.0 Å². The van der Waals surface area contributed by atoms with Crippen molar-refractivity contribution in [2.24, 2.45) is 0 Å². The Hall–Kier alpha value is -2.19. The molecule has 2 rings (SSSR count). The lowest BCUT2D eigenvalue weighted by molar-refractivity contribution is -0.124. The first-order valence-corrected chi connectivity index (χ1v) is 10.7. The van der Waals surface area contributed by atoms with E-state index < -0.39 is 0 Å². The highest BCUT2D eigenvalue weighted by Gasteiger charge is 2.24. The number of likely N-dealkylation sites (tertiary alicyclic amines) is 1. The predicted octanol–water partition coefficient (Wildman–Crippen LogP) is 3.01. The normalized spacial score (nSPS) is 14.2. The highest BCUT2D eigenvalue weighted by molar-refractivity contribution is 6.35. The largest absolute Gasteiger partial charge is 0.482 e. The molecule has 0 aromatic heterocycles. The minimum atomic E-state index is -0.305. The van der Waals surface area contributed by atoms with Crippen molar-refractivity contribution >= 4 is 41.1 Å². The first-order valence-electron chi connectivity index (χ1n) is 9.94. The molecule has 1 fully saturated rings. The molecule has 0 bridgehead atoms. The zero-order valence-electron chi connectivity index (χ0n) is 16.9. The second-order valence-corrected chi connectivity index (χ2v) is 7.69. The highest BCUT2D eigenvalue weighted by atomic mass is 35.5. The molecular weight excluding hydrogens is 433 g/mol. The van der Waals surface area contributed by atoms with Gasteiger partial charge in [0.05, 0.1) is 11.6 Å². The number of benzene rings is 1. The third-order valence-corrected chi connectivity index (χ3v) is 5.07. The lowest BCUT2D eigenvalue weighted by Crippen LogP contribution is -2.46. The summed E-state index contributed by atoms with van der Waals surface area (Å²) in [6, 6.07) is 4.81. The number of piperidine rings is 1. The maximum Gasteiger partial charge on any atom is 0.409 e. The predicted molar refractivity (Wildman–Crippen MR) is 114 cm³/mol. The number of nitrogens with one attached hydrogen (secondary N) is 2. The SMILES string of the molecule is CCOC(=O)N1CCC(NC(=O)CCCNC(=O)COc2ccc(Cl)cc2Cl)CC1. The monoisotopic (exact) mass is 459 g/mol. The smallest absolute Gasteiger partial charge is 0.409 e. The number of halogens is 2. The van der Waals surface area contributed by atoms with Gasteiger partial charge in [0, 0.05) is 37.1 Å². The molecule has 10 heteroatoms. The van der Waals surface area contributed by atoms with Gasteiger partial charge in [0.1, 0.15) is 5.75 Å². The van der Waals surface area contributed by atoms with E-state index in [1.807, 2.05) is 0 Å². The molecule has 3 amide bonds. The minimum Gasteiger partial charge on any atom is -0.482 e. The van der Waals surface area contributed by atoms with Crippen LogP contribution in [0.2, 0.25) is 10.0 Å². The molecular formula is C20H27Cl2N3O5. The van der Waals surface area contributed by atoms with Gasteiger partial charge in [0.25, 0.3) is 5.91 Å². The summed E-state index contributed by atoms with van der Waals surface area (Å²) in [5.74, 6) is 0.0143. The number of carbonyl (C=O) groups is 3. The number of amides is 3. The molecule has 1 saturated heterocycles. The van der Waals surface area contributed by atoms with Crippen molar-refractivity contribution in [3.63, 3.8) is 0 Å². The minimum absolute atomic E-state index is 0.0512. The molecule has 0 unspecified atom stereocenters. The van der Waals surface area contributed by atoms with E-state index in [9.17, 15) is 14.4 Å². The van der Waals surface area contributed by atoms with Crippen LogP contribution in [0.1, 0.15) is 32.6 Å². The van der Waals surface area contributed by atoms with Crippen LogP contribution in [0.5, 0.6) is 5.75 Å². The number of hydrogen-bond donors (Lipinski definition) is 2. The third kappa shape index (κ3) is 8.28. The van der Waals surface area contributed by atoms with Gasteiger partial charge in [-0.25, -0.2) is 4.79 Å². The average Bonchev–Trinajstić information content (AvgIpc) is 2.71. The van der Waals surface area contributed by atoms with E-state index in [0.29, 0.717) is 67.7 Å². The maximum atomic E-state index is 12.1. The zero-order valence-corrected chi connectivity index (χ0v) is 18.4. The Morgan fingerprint density at radius 1 is 1.17 bits per heavy atom. The number of carbonyl (C=O) groups excluding carboxylic acids is 3. The standard InChI is InChI=1S/C20H27Cl2N3O5/c1-2-29-20(28)25-10-7-15(8-11-25)24-18(26)4-3-9-23-19(27)13-30-17-6-5-14(21)12-16(17)22/h5-6,12,15H,2-4,7-11,13H2,1H3,(H,23,27)(H,24,26). The fourth-order valence-corrected chi connectivity index (χ4v) is 3.45. The van der Waals surface area contributed by atoms with Crippen LogP contribution in [0.15, 0.2) is 18.2 Å². The molecule has 1 aliphatic rings. The van der Waals surface area contributed by atoms with E-state index in [0.717, 1.165) is 0 Å². The Morgan fingerprint density at radius 3 is 2.57 bits per heavy atom. The summed E-state index contributed by atoms with van der Waals surface area (Å²) in [5.41, 5.74) is 0. The fourth-order valence-electron chi connectivity index (χ4n) is 2.98. The van der Waals surface area contributed by atoms with Gasteiger partial charge in [-0.1, -0.05) is 23.2 Å². The summed E-state index contributed by atoms with van der Waals surface area (Å²) >= 11 is 11.8. The number of hydrogen-bond acceptors (Lipinski definition) is 5. The van der Waals surface area contributed by atoms with E-state index in [4.69, 9.17) is 32.7 Å². The van der Waals surface area contributed by atoms with Crippen molar-refractivity contribution in [3.05, 3.63) is 28.2 Å². The molecule has 0 atom stereocenters. The van der Waals surface area contributed by atoms with E-state index in [-0.39, 0.29) is 30.6 Å². The molecule has 0 saturated carbocycles. The van der Waals surface area contributed by atoms with Crippen molar-refractivity contribution in [2.75, 3.05) is 32.8 Å². The Balaban J connectivity index is 1.55. The molecule has 1 aromatic carbocycles. The van der Waals surface area contributed by atoms with Crippen molar-refractivity contribution in [3.8, 4) is 5.75 Å². The second-order valence-electron chi connectivity index (χ2n) is 6.84. The Morgan fingerprint density at radius 2 is 1.90 bits per heavy atom. The van der Waals surface area contributed by atoms with Crippen LogP contribution < -0.4 is 15.4 Å². The molecule has 2 N–H and O–H groups in total. The van der Waals surface area contributed by atoms with Crippen LogP contribution in [0, 0.1) is 0 Å². The number of ether oxygens (including phenoxy) is 2. The molecule has 0 radical (unpaired) electrons. The molecule has 0 aliphatic carbocycles. The summed E-state index contributed by atoms with van der Waals surface area (Å²) in [5, 5.41) is 6.50. The van der Waals surface area contributed by atoms with Crippen molar-refractivity contribution in [2.45, 2.75) is 38.6 Å². The van der Waals surface area contributed by atoms with E-state index in [1.54, 1.807) is 24.0 Å². The molecule has 1 aliphatic heterocycles. The second kappa shape index (κ2) is 12.5. The molecule has 1 aromatic rings.